The van der Waals surface area contributed by atoms with Crippen LogP contribution in [0, 0.1) is 5.92 Å². The molecule has 6 heteroatoms. The van der Waals surface area contributed by atoms with Gasteiger partial charge in [0.25, 0.3) is 5.91 Å². The van der Waals surface area contributed by atoms with Gasteiger partial charge < -0.3 is 14.4 Å². The third-order valence-corrected chi connectivity index (χ3v) is 4.89. The van der Waals surface area contributed by atoms with Gasteiger partial charge in [-0.2, -0.15) is 0 Å². The van der Waals surface area contributed by atoms with Crippen LogP contribution < -0.4 is 9.47 Å². The molecule has 0 bridgehead atoms. The quantitative estimate of drug-likeness (QED) is 0.794. The van der Waals surface area contributed by atoms with Crippen LogP contribution in [-0.4, -0.2) is 47.9 Å². The van der Waals surface area contributed by atoms with Crippen LogP contribution in [0.15, 0.2) is 42.7 Å². The fraction of sp³-hybridized carbons (Fsp3) is 0.350. The van der Waals surface area contributed by atoms with Crippen molar-refractivity contribution >= 4 is 11.7 Å². The zero-order valence-corrected chi connectivity index (χ0v) is 14.4. The van der Waals surface area contributed by atoms with Crippen LogP contribution in [-0.2, 0) is 0 Å². The van der Waals surface area contributed by atoms with Crippen LogP contribution in [0.1, 0.15) is 33.6 Å². The molecule has 0 unspecified atom stereocenters. The lowest BCUT2D eigenvalue weighted by Crippen LogP contribution is -2.40. The normalized spacial score (nSPS) is 17.0. The SMILES string of the molecule is O=C(c1ccc2c(c1)OCCO2)C1CCN(C(=O)c2cccnc2)CC1. The fourth-order valence-electron chi connectivity index (χ4n) is 3.45. The second-order valence-corrected chi connectivity index (χ2v) is 6.53. The zero-order chi connectivity index (χ0) is 17.9. The van der Waals surface area contributed by atoms with E-state index in [0.29, 0.717) is 61.8 Å². The summed E-state index contributed by atoms with van der Waals surface area (Å²) in [4.78, 5) is 31.1. The largest absolute Gasteiger partial charge is 0.486 e. The van der Waals surface area contributed by atoms with E-state index in [1.165, 1.54) is 0 Å². The third kappa shape index (κ3) is 3.27. The maximum Gasteiger partial charge on any atom is 0.255 e. The van der Waals surface area contributed by atoms with E-state index in [1.54, 1.807) is 47.6 Å². The van der Waals surface area contributed by atoms with Crippen LogP contribution in [0.25, 0.3) is 0 Å². The Kier molecular flexibility index (Phi) is 4.56. The average molecular weight is 352 g/mol. The Hall–Kier alpha value is -2.89. The number of aromatic nitrogens is 1. The maximum atomic E-state index is 12.8. The topological polar surface area (TPSA) is 68.7 Å². The number of pyridine rings is 1. The Balaban J connectivity index is 1.40. The number of amides is 1. The lowest BCUT2D eigenvalue weighted by molar-refractivity contribution is 0.0650. The smallest absolute Gasteiger partial charge is 0.255 e. The van der Waals surface area contributed by atoms with Crippen LogP contribution >= 0.6 is 0 Å². The Morgan fingerprint density at radius 3 is 2.50 bits per heavy atom. The van der Waals surface area contributed by atoms with Gasteiger partial charge in [-0.3, -0.25) is 14.6 Å². The number of hydrogen-bond acceptors (Lipinski definition) is 5. The summed E-state index contributed by atoms with van der Waals surface area (Å²) < 4.78 is 11.1. The van der Waals surface area contributed by atoms with Crippen molar-refractivity contribution in [1.82, 2.24) is 9.88 Å². The molecule has 2 aromatic rings. The van der Waals surface area contributed by atoms with Gasteiger partial charge in [-0.15, -0.1) is 0 Å². The number of ether oxygens (including phenoxy) is 2. The highest BCUT2D eigenvalue weighted by molar-refractivity contribution is 5.99. The highest BCUT2D eigenvalue weighted by Gasteiger charge is 2.29. The first-order chi connectivity index (χ1) is 12.7. The van der Waals surface area contributed by atoms with Crippen molar-refractivity contribution in [2.45, 2.75) is 12.8 Å². The van der Waals surface area contributed by atoms with Crippen LogP contribution in [0.4, 0.5) is 0 Å². The van der Waals surface area contributed by atoms with Gasteiger partial charge in [0.15, 0.2) is 17.3 Å². The number of benzene rings is 1. The van der Waals surface area contributed by atoms with Gasteiger partial charge in [-0.25, -0.2) is 0 Å². The predicted octanol–water partition coefficient (Wildman–Crippen LogP) is 2.59. The molecule has 1 fully saturated rings. The minimum absolute atomic E-state index is 0.0247. The van der Waals surface area contributed by atoms with E-state index < -0.39 is 0 Å². The lowest BCUT2D eigenvalue weighted by Gasteiger charge is -2.31. The van der Waals surface area contributed by atoms with Crippen molar-refractivity contribution in [3.8, 4) is 11.5 Å². The number of rotatable bonds is 3. The molecule has 1 saturated heterocycles. The van der Waals surface area contributed by atoms with Gasteiger partial charge in [0.05, 0.1) is 5.56 Å². The molecule has 0 spiro atoms. The Morgan fingerprint density at radius 2 is 1.77 bits per heavy atom. The van der Waals surface area contributed by atoms with Crippen molar-refractivity contribution in [3.63, 3.8) is 0 Å². The molecule has 3 heterocycles. The first-order valence-electron chi connectivity index (χ1n) is 8.85. The molecule has 134 valence electrons. The molecular formula is C20H20N2O4. The van der Waals surface area contributed by atoms with E-state index in [0.717, 1.165) is 0 Å². The molecule has 26 heavy (non-hydrogen) atoms. The minimum Gasteiger partial charge on any atom is -0.486 e. The molecule has 0 N–H and O–H groups in total. The van der Waals surface area contributed by atoms with Gasteiger partial charge in [-0.05, 0) is 43.2 Å². The number of Topliss-reactive ketones (excluding diaryl/α,β-unsaturated/α-hetero) is 1. The summed E-state index contributed by atoms with van der Waals surface area (Å²) in [5.41, 5.74) is 1.23. The number of nitrogens with zero attached hydrogens (tertiary/aromatic N) is 2. The number of fused-ring (bicyclic) bond motifs is 1. The number of likely N-dealkylation sites (tertiary alicyclic amines) is 1. The summed E-state index contributed by atoms with van der Waals surface area (Å²) in [5.74, 6) is 1.32. The zero-order valence-electron chi connectivity index (χ0n) is 14.4. The molecule has 1 aromatic carbocycles. The first-order valence-corrected chi connectivity index (χ1v) is 8.85. The molecule has 2 aliphatic rings. The van der Waals surface area contributed by atoms with E-state index >= 15 is 0 Å². The van der Waals surface area contributed by atoms with Gasteiger partial charge in [0.2, 0.25) is 0 Å². The van der Waals surface area contributed by atoms with Gasteiger partial charge >= 0.3 is 0 Å². The molecule has 1 aromatic heterocycles. The summed E-state index contributed by atoms with van der Waals surface area (Å²) in [6, 6.07) is 8.88. The summed E-state index contributed by atoms with van der Waals surface area (Å²) in [5, 5.41) is 0. The van der Waals surface area contributed by atoms with Crippen LogP contribution in [0.5, 0.6) is 11.5 Å². The van der Waals surface area contributed by atoms with Gasteiger partial charge in [-0.1, -0.05) is 0 Å². The Labute approximate surface area is 151 Å². The van der Waals surface area contributed by atoms with E-state index in [9.17, 15) is 9.59 Å². The summed E-state index contributed by atoms with van der Waals surface area (Å²) in [7, 11) is 0. The summed E-state index contributed by atoms with van der Waals surface area (Å²) >= 11 is 0. The molecular weight excluding hydrogens is 332 g/mol. The highest BCUT2D eigenvalue weighted by atomic mass is 16.6. The van der Waals surface area contributed by atoms with Gasteiger partial charge in [0.1, 0.15) is 13.2 Å². The lowest BCUT2D eigenvalue weighted by atomic mass is 9.88. The summed E-state index contributed by atoms with van der Waals surface area (Å²) in [6.45, 7) is 2.19. The molecule has 0 atom stereocenters. The van der Waals surface area contributed by atoms with Crippen LogP contribution in [0.2, 0.25) is 0 Å². The number of hydrogen-bond donors (Lipinski definition) is 0. The minimum atomic E-state index is -0.0736. The number of piperidine rings is 1. The van der Waals surface area contributed by atoms with Gasteiger partial charge in [0, 0.05) is 37.0 Å². The standard InChI is InChI=1S/C20H20N2O4/c23-19(15-3-4-17-18(12-15)26-11-10-25-17)14-5-8-22(9-6-14)20(24)16-2-1-7-21-13-16/h1-4,7,12-14H,5-6,8-11H2. The molecule has 6 nitrogen and oxygen atoms in total. The number of ketones is 1. The van der Waals surface area contributed by atoms with Crippen molar-refractivity contribution in [1.29, 1.82) is 0 Å². The molecule has 4 rings (SSSR count). The van der Waals surface area contributed by atoms with E-state index in [4.69, 9.17) is 9.47 Å². The molecule has 1 amide bonds. The molecule has 0 radical (unpaired) electrons. The number of carbonyl (C=O) groups is 2. The number of carbonyl (C=O) groups excluding carboxylic acids is 2. The third-order valence-electron chi connectivity index (χ3n) is 4.89. The second-order valence-electron chi connectivity index (χ2n) is 6.53. The maximum absolute atomic E-state index is 12.8. The van der Waals surface area contributed by atoms with E-state index in [2.05, 4.69) is 4.98 Å². The van der Waals surface area contributed by atoms with Crippen molar-refractivity contribution in [2.24, 2.45) is 5.92 Å². The van der Waals surface area contributed by atoms with E-state index in [1.807, 2.05) is 0 Å². The van der Waals surface area contributed by atoms with Crippen LogP contribution in [0.3, 0.4) is 0 Å². The Bertz CT molecular complexity index is 814. The Morgan fingerprint density at radius 1 is 1.00 bits per heavy atom. The second kappa shape index (κ2) is 7.15. The summed E-state index contributed by atoms with van der Waals surface area (Å²) in [6.07, 6.45) is 4.56. The molecule has 0 saturated carbocycles. The fourth-order valence-corrected chi connectivity index (χ4v) is 3.45. The molecule has 2 aliphatic heterocycles. The van der Waals surface area contributed by atoms with Crippen molar-refractivity contribution < 1.29 is 19.1 Å². The monoisotopic (exact) mass is 352 g/mol. The average Bonchev–Trinajstić information content (AvgIpc) is 2.73. The predicted molar refractivity (Wildman–Crippen MR) is 94.6 cm³/mol. The van der Waals surface area contributed by atoms with Crippen molar-refractivity contribution in [2.75, 3.05) is 26.3 Å². The van der Waals surface area contributed by atoms with E-state index in [-0.39, 0.29) is 17.6 Å². The highest BCUT2D eigenvalue weighted by Crippen LogP contribution is 2.32. The first kappa shape index (κ1) is 16.6. The van der Waals surface area contributed by atoms with Crippen molar-refractivity contribution in [3.05, 3.63) is 53.9 Å². The molecule has 0 aliphatic carbocycles.